The van der Waals surface area contributed by atoms with Crippen molar-refractivity contribution in [3.63, 3.8) is 0 Å². The molecule has 3 nitrogen and oxygen atoms in total. The molecule has 0 aliphatic carbocycles. The highest BCUT2D eigenvalue weighted by Crippen LogP contribution is 2.32. The van der Waals surface area contributed by atoms with Gasteiger partial charge in [-0.15, -0.1) is 0 Å². The van der Waals surface area contributed by atoms with Crippen molar-refractivity contribution < 1.29 is 18.0 Å². The van der Waals surface area contributed by atoms with Gasteiger partial charge in [0, 0.05) is 11.3 Å². The minimum atomic E-state index is -4.41. The second-order valence-corrected chi connectivity index (χ2v) is 5.76. The molecule has 134 valence electrons. The number of hydrogen-bond acceptors (Lipinski definition) is 2. The Morgan fingerprint density at radius 1 is 0.889 bits per heavy atom. The lowest BCUT2D eigenvalue weighted by Crippen LogP contribution is -2.13. The van der Waals surface area contributed by atoms with E-state index < -0.39 is 17.6 Å². The third kappa shape index (κ3) is 4.15. The molecule has 0 atom stereocenters. The van der Waals surface area contributed by atoms with Crippen LogP contribution < -0.4 is 5.32 Å². The molecule has 0 heterocycles. The molecule has 0 aliphatic rings. The Labute approximate surface area is 153 Å². The minimum absolute atomic E-state index is 0.335. The summed E-state index contributed by atoms with van der Waals surface area (Å²) < 4.78 is 38.2. The van der Waals surface area contributed by atoms with Gasteiger partial charge < -0.3 is 5.32 Å². The van der Waals surface area contributed by atoms with Crippen LogP contribution in [0.4, 0.5) is 18.9 Å². The molecule has 27 heavy (non-hydrogen) atoms. The van der Waals surface area contributed by atoms with Crippen LogP contribution in [-0.2, 0) is 6.18 Å². The second-order valence-electron chi connectivity index (χ2n) is 5.76. The fourth-order valence-electron chi connectivity index (χ4n) is 2.60. The molecule has 0 saturated carbocycles. The predicted molar refractivity (Wildman–Crippen MR) is 96.0 cm³/mol. The van der Waals surface area contributed by atoms with Crippen LogP contribution in [0, 0.1) is 11.3 Å². The molecule has 3 aromatic rings. The van der Waals surface area contributed by atoms with E-state index >= 15 is 0 Å². The maximum absolute atomic E-state index is 12.7. The van der Waals surface area contributed by atoms with Crippen molar-refractivity contribution in [1.29, 1.82) is 5.26 Å². The highest BCUT2D eigenvalue weighted by molar-refractivity contribution is 6.08. The molecule has 0 aromatic heterocycles. The zero-order valence-electron chi connectivity index (χ0n) is 13.9. The van der Waals surface area contributed by atoms with Gasteiger partial charge in [-0.1, -0.05) is 30.3 Å². The Hall–Kier alpha value is -3.59. The van der Waals surface area contributed by atoms with Crippen LogP contribution in [0.5, 0.6) is 0 Å². The molecule has 0 fully saturated rings. The first-order valence-corrected chi connectivity index (χ1v) is 7.96. The van der Waals surface area contributed by atoms with E-state index in [1.807, 2.05) is 6.07 Å². The molecular weight excluding hydrogens is 353 g/mol. The average Bonchev–Trinajstić information content (AvgIpc) is 2.68. The Bertz CT molecular complexity index is 1000. The van der Waals surface area contributed by atoms with Crippen molar-refractivity contribution in [3.05, 3.63) is 89.5 Å². The van der Waals surface area contributed by atoms with Gasteiger partial charge in [0.1, 0.15) is 0 Å². The van der Waals surface area contributed by atoms with Gasteiger partial charge in [-0.05, 0) is 53.6 Å². The molecule has 1 amide bonds. The first-order chi connectivity index (χ1) is 12.9. The van der Waals surface area contributed by atoms with Crippen LogP contribution in [0.15, 0.2) is 72.8 Å². The normalized spacial score (nSPS) is 10.9. The van der Waals surface area contributed by atoms with Gasteiger partial charge in [0.25, 0.3) is 5.91 Å². The molecule has 0 unspecified atom stereocenters. The molecule has 1 N–H and O–H groups in total. The van der Waals surface area contributed by atoms with Crippen molar-refractivity contribution in [3.8, 4) is 17.2 Å². The van der Waals surface area contributed by atoms with E-state index in [0.717, 1.165) is 12.1 Å². The average molecular weight is 366 g/mol. The van der Waals surface area contributed by atoms with E-state index in [1.54, 1.807) is 48.5 Å². The van der Waals surface area contributed by atoms with Crippen molar-refractivity contribution in [2.45, 2.75) is 6.18 Å². The summed E-state index contributed by atoms with van der Waals surface area (Å²) in [6.45, 7) is 0. The van der Waals surface area contributed by atoms with E-state index in [9.17, 15) is 18.0 Å². The molecule has 0 aliphatic heterocycles. The molecule has 0 bridgehead atoms. The van der Waals surface area contributed by atoms with Crippen LogP contribution in [-0.4, -0.2) is 5.91 Å². The maximum atomic E-state index is 12.7. The Kier molecular flexibility index (Phi) is 4.95. The van der Waals surface area contributed by atoms with Gasteiger partial charge in [-0.25, -0.2) is 0 Å². The molecule has 0 radical (unpaired) electrons. The van der Waals surface area contributed by atoms with Gasteiger partial charge >= 0.3 is 6.18 Å². The Balaban J connectivity index is 1.89. The third-order valence-corrected chi connectivity index (χ3v) is 3.97. The number of hydrogen-bond donors (Lipinski definition) is 1. The summed E-state index contributed by atoms with van der Waals surface area (Å²) in [4.78, 5) is 12.6. The SMILES string of the molecule is N#Cc1ccc(NC(=O)c2ccccc2-c2ccc(C(F)(F)F)cc2)cc1. The lowest BCUT2D eigenvalue weighted by molar-refractivity contribution is -0.137. The van der Waals surface area contributed by atoms with E-state index in [1.165, 1.54) is 12.1 Å². The van der Waals surface area contributed by atoms with Gasteiger partial charge in [0.2, 0.25) is 0 Å². The van der Waals surface area contributed by atoms with E-state index in [2.05, 4.69) is 5.32 Å². The smallest absolute Gasteiger partial charge is 0.322 e. The molecule has 3 aromatic carbocycles. The maximum Gasteiger partial charge on any atom is 0.416 e. The van der Waals surface area contributed by atoms with Gasteiger partial charge in [-0.2, -0.15) is 18.4 Å². The van der Waals surface area contributed by atoms with Crippen molar-refractivity contribution in [2.24, 2.45) is 0 Å². The summed E-state index contributed by atoms with van der Waals surface area (Å²) >= 11 is 0. The van der Waals surface area contributed by atoms with Crippen molar-refractivity contribution >= 4 is 11.6 Å². The minimum Gasteiger partial charge on any atom is -0.322 e. The zero-order chi connectivity index (χ0) is 19.4. The number of nitriles is 1. The molecule has 0 saturated heterocycles. The standard InChI is InChI=1S/C21H13F3N2O/c22-21(23,24)16-9-7-15(8-10-16)18-3-1-2-4-19(18)20(27)26-17-11-5-14(13-25)6-12-17/h1-12H,(H,26,27). The highest BCUT2D eigenvalue weighted by Gasteiger charge is 2.30. The van der Waals surface area contributed by atoms with Crippen LogP contribution >= 0.6 is 0 Å². The fourth-order valence-corrected chi connectivity index (χ4v) is 2.60. The summed E-state index contributed by atoms with van der Waals surface area (Å²) in [5, 5.41) is 11.5. The topological polar surface area (TPSA) is 52.9 Å². The number of carbonyl (C=O) groups is 1. The quantitative estimate of drug-likeness (QED) is 0.666. The van der Waals surface area contributed by atoms with Crippen LogP contribution in [0.25, 0.3) is 11.1 Å². The van der Waals surface area contributed by atoms with Crippen LogP contribution in [0.2, 0.25) is 0 Å². The fraction of sp³-hybridized carbons (Fsp3) is 0.0476. The largest absolute Gasteiger partial charge is 0.416 e. The van der Waals surface area contributed by atoms with E-state index in [-0.39, 0.29) is 0 Å². The summed E-state index contributed by atoms with van der Waals surface area (Å²) in [5.74, 6) is -0.393. The van der Waals surface area contributed by atoms with Crippen molar-refractivity contribution in [1.82, 2.24) is 0 Å². The summed E-state index contributed by atoms with van der Waals surface area (Å²) in [6.07, 6.45) is -4.41. The monoisotopic (exact) mass is 366 g/mol. The molecule has 3 rings (SSSR count). The number of nitrogens with zero attached hydrogens (tertiary/aromatic N) is 1. The Morgan fingerprint density at radius 3 is 2.11 bits per heavy atom. The lowest BCUT2D eigenvalue weighted by atomic mass is 9.98. The number of carbonyl (C=O) groups excluding carboxylic acids is 1. The number of anilines is 1. The lowest BCUT2D eigenvalue weighted by Gasteiger charge is -2.12. The van der Waals surface area contributed by atoms with Crippen LogP contribution in [0.3, 0.4) is 0 Å². The molecular formula is C21H13F3N2O. The predicted octanol–water partition coefficient (Wildman–Crippen LogP) is 5.50. The molecule has 6 heteroatoms. The molecule has 0 spiro atoms. The van der Waals surface area contributed by atoms with Crippen molar-refractivity contribution in [2.75, 3.05) is 5.32 Å². The number of nitrogens with one attached hydrogen (secondary N) is 1. The number of alkyl halides is 3. The first-order valence-electron chi connectivity index (χ1n) is 7.96. The number of amides is 1. The van der Waals surface area contributed by atoms with E-state index in [0.29, 0.717) is 27.9 Å². The van der Waals surface area contributed by atoms with Gasteiger partial charge in [0.05, 0.1) is 17.2 Å². The number of rotatable bonds is 3. The Morgan fingerprint density at radius 2 is 1.52 bits per heavy atom. The van der Waals surface area contributed by atoms with E-state index in [4.69, 9.17) is 5.26 Å². The summed E-state index contributed by atoms with van der Waals surface area (Å²) in [5.41, 5.74) is 1.61. The zero-order valence-corrected chi connectivity index (χ0v) is 13.9. The van der Waals surface area contributed by atoms with Gasteiger partial charge in [0.15, 0.2) is 0 Å². The van der Waals surface area contributed by atoms with Crippen LogP contribution in [0.1, 0.15) is 21.5 Å². The highest BCUT2D eigenvalue weighted by atomic mass is 19.4. The summed E-state index contributed by atoms with van der Waals surface area (Å²) in [6, 6.07) is 19.7. The number of benzene rings is 3. The van der Waals surface area contributed by atoms with Gasteiger partial charge in [-0.3, -0.25) is 4.79 Å². The third-order valence-electron chi connectivity index (χ3n) is 3.97. The summed E-state index contributed by atoms with van der Waals surface area (Å²) in [7, 11) is 0. The first kappa shape index (κ1) is 18.2. The second kappa shape index (κ2) is 7.34. The number of halogens is 3.